The van der Waals surface area contributed by atoms with Crippen molar-refractivity contribution >= 4 is 27.5 Å². The third-order valence-corrected chi connectivity index (χ3v) is 7.99. The van der Waals surface area contributed by atoms with E-state index >= 15 is 0 Å². The molecule has 6 rings (SSSR count). The largest absolute Gasteiger partial charge is 0.462 e. The van der Waals surface area contributed by atoms with Gasteiger partial charge in [0.1, 0.15) is 0 Å². The molecule has 0 aromatic heterocycles. The fraction of sp³-hybridized carbons (Fsp3) is 0.194. The first-order valence-electron chi connectivity index (χ1n) is 13.4. The van der Waals surface area contributed by atoms with E-state index < -0.39 is 0 Å². The van der Waals surface area contributed by atoms with Crippen LogP contribution in [0.2, 0.25) is 0 Å². The van der Waals surface area contributed by atoms with Crippen LogP contribution in [0.4, 0.5) is 0 Å². The van der Waals surface area contributed by atoms with Crippen LogP contribution >= 0.6 is 0 Å². The molecule has 0 amide bonds. The number of aryl methyl sites for hydroxylation is 1. The molecule has 0 heterocycles. The second kappa shape index (κ2) is 9.29. The summed E-state index contributed by atoms with van der Waals surface area (Å²) in [6.07, 6.45) is 1.67. The van der Waals surface area contributed by atoms with Gasteiger partial charge in [0.15, 0.2) is 0 Å². The van der Waals surface area contributed by atoms with Gasteiger partial charge in [0, 0.05) is 11.0 Å². The van der Waals surface area contributed by atoms with Crippen LogP contribution in [0.15, 0.2) is 103 Å². The molecule has 38 heavy (non-hydrogen) atoms. The molecule has 0 saturated heterocycles. The Morgan fingerprint density at radius 1 is 0.789 bits per heavy atom. The Morgan fingerprint density at radius 2 is 1.39 bits per heavy atom. The van der Waals surface area contributed by atoms with Crippen LogP contribution in [-0.4, -0.2) is 12.6 Å². The molecule has 0 fully saturated rings. The molecule has 2 nitrogen and oxygen atoms in total. The average molecular weight is 497 g/mol. The van der Waals surface area contributed by atoms with Crippen molar-refractivity contribution in [3.63, 3.8) is 0 Å². The van der Waals surface area contributed by atoms with E-state index in [4.69, 9.17) is 4.74 Å². The van der Waals surface area contributed by atoms with E-state index in [-0.39, 0.29) is 11.4 Å². The number of hydrogen-bond donors (Lipinski definition) is 0. The van der Waals surface area contributed by atoms with Gasteiger partial charge in [-0.05, 0) is 92.4 Å². The van der Waals surface area contributed by atoms with Crippen molar-refractivity contribution in [1.29, 1.82) is 0 Å². The number of esters is 1. The monoisotopic (exact) mass is 496 g/mol. The van der Waals surface area contributed by atoms with Crippen LogP contribution in [0.25, 0.3) is 43.8 Å². The van der Waals surface area contributed by atoms with Crippen molar-refractivity contribution < 1.29 is 9.53 Å². The van der Waals surface area contributed by atoms with Gasteiger partial charge >= 0.3 is 5.97 Å². The van der Waals surface area contributed by atoms with Gasteiger partial charge in [0.25, 0.3) is 0 Å². The van der Waals surface area contributed by atoms with Gasteiger partial charge in [-0.15, -0.1) is 0 Å². The summed E-state index contributed by atoms with van der Waals surface area (Å²) < 4.78 is 5.29. The first-order chi connectivity index (χ1) is 18.3. The predicted molar refractivity (Wildman–Crippen MR) is 159 cm³/mol. The van der Waals surface area contributed by atoms with E-state index in [1.807, 2.05) is 0 Å². The first kappa shape index (κ1) is 24.2. The topological polar surface area (TPSA) is 26.3 Å². The van der Waals surface area contributed by atoms with Crippen LogP contribution in [0.5, 0.6) is 0 Å². The van der Waals surface area contributed by atoms with Gasteiger partial charge in [0.05, 0.1) is 6.61 Å². The quantitative estimate of drug-likeness (QED) is 0.101. The molecule has 0 N–H and O–H groups in total. The van der Waals surface area contributed by atoms with Crippen LogP contribution < -0.4 is 0 Å². The SMILES string of the molecule is C=C(C)C(=O)OCCCc1ccc2c(c1)C(C)(C)c1cc(-c3c4ccccc4cc4ccccc34)ccc1-2. The molecule has 5 aromatic carbocycles. The predicted octanol–water partition coefficient (Wildman–Crippen LogP) is 9.02. The highest BCUT2D eigenvalue weighted by Crippen LogP contribution is 2.50. The Morgan fingerprint density at radius 3 is 2.05 bits per heavy atom. The van der Waals surface area contributed by atoms with E-state index in [1.54, 1.807) is 6.92 Å². The summed E-state index contributed by atoms with van der Waals surface area (Å²) in [5.41, 5.74) is 9.55. The molecule has 188 valence electrons. The lowest BCUT2D eigenvalue weighted by molar-refractivity contribution is -0.139. The summed E-state index contributed by atoms with van der Waals surface area (Å²) >= 11 is 0. The molecule has 5 aromatic rings. The number of carbonyl (C=O) groups is 1. The zero-order valence-electron chi connectivity index (χ0n) is 22.3. The Balaban J connectivity index is 1.37. The van der Waals surface area contributed by atoms with E-state index in [1.165, 1.54) is 60.5 Å². The smallest absolute Gasteiger partial charge is 0.333 e. The molecule has 2 heteroatoms. The maximum atomic E-state index is 11.7. The average Bonchev–Trinajstić information content (AvgIpc) is 3.15. The minimum absolute atomic E-state index is 0.108. The zero-order valence-corrected chi connectivity index (χ0v) is 22.3. The summed E-state index contributed by atoms with van der Waals surface area (Å²) in [5.74, 6) is -0.315. The standard InChI is InChI=1S/C36H32O2/c1-23(2)35(37)38-19-9-10-24-15-17-30-31-18-16-27(22-33(31)36(3,4)32(30)20-24)34-28-13-7-5-11-25(28)21-26-12-6-8-14-29(26)34/h5-8,11-18,20-22H,1,9-10,19H2,2-4H3. The highest BCUT2D eigenvalue weighted by Gasteiger charge is 2.35. The van der Waals surface area contributed by atoms with E-state index in [0.29, 0.717) is 12.2 Å². The molecule has 0 bridgehead atoms. The maximum absolute atomic E-state index is 11.7. The van der Waals surface area contributed by atoms with E-state index in [9.17, 15) is 4.79 Å². The Kier molecular flexibility index (Phi) is 5.91. The minimum atomic E-state index is -0.315. The second-order valence-corrected chi connectivity index (χ2v) is 11.0. The molecule has 1 aliphatic carbocycles. The Hall–Kier alpha value is -4.17. The minimum Gasteiger partial charge on any atom is -0.462 e. The third kappa shape index (κ3) is 4.01. The van der Waals surface area contributed by atoms with Gasteiger partial charge in [0.2, 0.25) is 0 Å². The Labute approximate surface area is 224 Å². The zero-order chi connectivity index (χ0) is 26.4. The summed E-state index contributed by atoms with van der Waals surface area (Å²) in [6.45, 7) is 10.4. The van der Waals surface area contributed by atoms with Gasteiger partial charge in [-0.25, -0.2) is 4.79 Å². The van der Waals surface area contributed by atoms with E-state index in [2.05, 4.69) is 111 Å². The lowest BCUT2D eigenvalue weighted by Crippen LogP contribution is -2.15. The lowest BCUT2D eigenvalue weighted by Gasteiger charge is -2.23. The van der Waals surface area contributed by atoms with Crippen molar-refractivity contribution in [3.8, 4) is 22.3 Å². The molecule has 0 saturated carbocycles. The number of carbonyl (C=O) groups excluding carboxylic acids is 1. The molecule has 0 aliphatic heterocycles. The number of ether oxygens (including phenoxy) is 1. The fourth-order valence-electron chi connectivity index (χ4n) is 5.98. The van der Waals surface area contributed by atoms with E-state index in [0.717, 1.165) is 12.8 Å². The number of fused-ring (bicyclic) bond motifs is 5. The summed E-state index contributed by atoms with van der Waals surface area (Å²) in [6, 6.07) is 33.6. The van der Waals surface area contributed by atoms with Crippen molar-refractivity contribution in [3.05, 3.63) is 120 Å². The summed E-state index contributed by atoms with van der Waals surface area (Å²) in [7, 11) is 0. The summed E-state index contributed by atoms with van der Waals surface area (Å²) in [5, 5.41) is 5.11. The van der Waals surface area contributed by atoms with Crippen LogP contribution in [0, 0.1) is 0 Å². The van der Waals surface area contributed by atoms with Gasteiger partial charge in [-0.3, -0.25) is 0 Å². The van der Waals surface area contributed by atoms with Crippen molar-refractivity contribution in [2.45, 2.75) is 39.0 Å². The maximum Gasteiger partial charge on any atom is 0.333 e. The molecular formula is C36H32O2. The van der Waals surface area contributed by atoms with Crippen LogP contribution in [0.1, 0.15) is 43.9 Å². The molecule has 0 spiro atoms. The van der Waals surface area contributed by atoms with Crippen molar-refractivity contribution in [2.75, 3.05) is 6.61 Å². The lowest BCUT2D eigenvalue weighted by atomic mass is 9.80. The highest BCUT2D eigenvalue weighted by atomic mass is 16.5. The van der Waals surface area contributed by atoms with Crippen molar-refractivity contribution in [1.82, 2.24) is 0 Å². The highest BCUT2D eigenvalue weighted by molar-refractivity contribution is 6.12. The van der Waals surface area contributed by atoms with Crippen molar-refractivity contribution in [2.24, 2.45) is 0 Å². The molecule has 1 aliphatic rings. The third-order valence-electron chi connectivity index (χ3n) is 7.99. The fourth-order valence-corrected chi connectivity index (χ4v) is 5.98. The van der Waals surface area contributed by atoms with Crippen LogP contribution in [-0.2, 0) is 21.4 Å². The number of hydrogen-bond acceptors (Lipinski definition) is 2. The number of rotatable bonds is 6. The van der Waals surface area contributed by atoms with Gasteiger partial charge in [-0.1, -0.05) is 99.3 Å². The summed E-state index contributed by atoms with van der Waals surface area (Å²) in [4.78, 5) is 11.7. The molecule has 0 unspecified atom stereocenters. The van der Waals surface area contributed by atoms with Gasteiger partial charge < -0.3 is 4.74 Å². The normalized spacial score (nSPS) is 13.3. The van der Waals surface area contributed by atoms with Crippen LogP contribution in [0.3, 0.4) is 0 Å². The molecule has 0 atom stereocenters. The van der Waals surface area contributed by atoms with Gasteiger partial charge in [-0.2, -0.15) is 0 Å². The Bertz CT molecular complexity index is 1680. The molecule has 0 radical (unpaired) electrons. The molecular weight excluding hydrogens is 464 g/mol. The first-order valence-corrected chi connectivity index (χ1v) is 13.4. The second-order valence-electron chi connectivity index (χ2n) is 11.0. The number of benzene rings is 5.